The van der Waals surface area contributed by atoms with E-state index in [1.807, 2.05) is 6.07 Å². The van der Waals surface area contributed by atoms with E-state index in [1.54, 1.807) is 7.11 Å². The SMILES string of the molecule is COc1ccc2c(c1)C(C)(C)[C@@H]1OCc3ccccc3[C@@H]1N2. The molecule has 3 nitrogen and oxygen atoms in total. The average molecular weight is 295 g/mol. The van der Waals surface area contributed by atoms with Gasteiger partial charge in [0, 0.05) is 11.1 Å². The molecule has 0 amide bonds. The van der Waals surface area contributed by atoms with E-state index in [2.05, 4.69) is 55.6 Å². The molecule has 0 saturated carbocycles. The summed E-state index contributed by atoms with van der Waals surface area (Å²) in [5, 5.41) is 3.68. The van der Waals surface area contributed by atoms with Crippen molar-refractivity contribution in [3.8, 4) is 5.75 Å². The molecule has 1 N–H and O–H groups in total. The molecule has 2 heterocycles. The maximum Gasteiger partial charge on any atom is 0.119 e. The molecule has 2 aliphatic rings. The minimum absolute atomic E-state index is 0.0761. The highest BCUT2D eigenvalue weighted by Crippen LogP contribution is 2.49. The number of rotatable bonds is 1. The molecular weight excluding hydrogens is 274 g/mol. The van der Waals surface area contributed by atoms with Crippen molar-refractivity contribution in [2.75, 3.05) is 12.4 Å². The Balaban J connectivity index is 1.85. The van der Waals surface area contributed by atoms with Gasteiger partial charge < -0.3 is 14.8 Å². The highest BCUT2D eigenvalue weighted by atomic mass is 16.5. The van der Waals surface area contributed by atoms with Crippen molar-refractivity contribution in [3.63, 3.8) is 0 Å². The van der Waals surface area contributed by atoms with Gasteiger partial charge in [-0.15, -0.1) is 0 Å². The molecule has 22 heavy (non-hydrogen) atoms. The first-order valence-electron chi connectivity index (χ1n) is 7.76. The van der Waals surface area contributed by atoms with Gasteiger partial charge in [0.1, 0.15) is 5.75 Å². The molecule has 0 radical (unpaired) electrons. The summed E-state index contributed by atoms with van der Waals surface area (Å²) < 4.78 is 11.6. The van der Waals surface area contributed by atoms with Gasteiger partial charge >= 0.3 is 0 Å². The third kappa shape index (κ3) is 1.85. The van der Waals surface area contributed by atoms with E-state index in [4.69, 9.17) is 9.47 Å². The highest BCUT2D eigenvalue weighted by molar-refractivity contribution is 5.62. The van der Waals surface area contributed by atoms with Gasteiger partial charge in [-0.3, -0.25) is 0 Å². The van der Waals surface area contributed by atoms with E-state index in [0.29, 0.717) is 6.61 Å². The van der Waals surface area contributed by atoms with Crippen LogP contribution in [-0.4, -0.2) is 13.2 Å². The zero-order valence-corrected chi connectivity index (χ0v) is 13.2. The Morgan fingerprint density at radius 1 is 1.18 bits per heavy atom. The van der Waals surface area contributed by atoms with E-state index in [-0.39, 0.29) is 17.6 Å². The first-order valence-corrected chi connectivity index (χ1v) is 7.76. The van der Waals surface area contributed by atoms with Crippen LogP contribution in [0.1, 0.15) is 36.6 Å². The zero-order valence-electron chi connectivity index (χ0n) is 13.2. The molecule has 0 unspecified atom stereocenters. The molecule has 0 spiro atoms. The Labute approximate surface area is 131 Å². The third-order valence-electron chi connectivity index (χ3n) is 5.05. The number of methoxy groups -OCH3 is 1. The topological polar surface area (TPSA) is 30.5 Å². The van der Waals surface area contributed by atoms with Gasteiger partial charge in [-0.05, 0) is 34.9 Å². The van der Waals surface area contributed by atoms with Crippen molar-refractivity contribution in [1.29, 1.82) is 0 Å². The van der Waals surface area contributed by atoms with Crippen LogP contribution in [-0.2, 0) is 16.8 Å². The number of hydrogen-bond acceptors (Lipinski definition) is 3. The van der Waals surface area contributed by atoms with Crippen molar-refractivity contribution < 1.29 is 9.47 Å². The Morgan fingerprint density at radius 2 is 2.00 bits per heavy atom. The van der Waals surface area contributed by atoms with E-state index < -0.39 is 0 Å². The molecule has 0 aromatic heterocycles. The van der Waals surface area contributed by atoms with Crippen LogP contribution >= 0.6 is 0 Å². The van der Waals surface area contributed by atoms with Gasteiger partial charge in [0.15, 0.2) is 0 Å². The quantitative estimate of drug-likeness (QED) is 0.861. The monoisotopic (exact) mass is 295 g/mol. The molecule has 4 rings (SSSR count). The summed E-state index contributed by atoms with van der Waals surface area (Å²) in [4.78, 5) is 0. The van der Waals surface area contributed by atoms with Crippen molar-refractivity contribution >= 4 is 5.69 Å². The predicted molar refractivity (Wildman–Crippen MR) is 87.4 cm³/mol. The minimum Gasteiger partial charge on any atom is -0.497 e. The maximum absolute atomic E-state index is 6.25. The predicted octanol–water partition coefficient (Wildman–Crippen LogP) is 4.04. The van der Waals surface area contributed by atoms with Gasteiger partial charge in [-0.1, -0.05) is 38.1 Å². The molecule has 0 fully saturated rings. The van der Waals surface area contributed by atoms with Gasteiger partial charge in [-0.2, -0.15) is 0 Å². The molecule has 2 aromatic carbocycles. The lowest BCUT2D eigenvalue weighted by Gasteiger charge is -2.48. The third-order valence-corrected chi connectivity index (χ3v) is 5.05. The second kappa shape index (κ2) is 4.75. The number of ether oxygens (including phenoxy) is 2. The summed E-state index contributed by atoms with van der Waals surface area (Å²) in [5.74, 6) is 0.892. The van der Waals surface area contributed by atoms with Gasteiger partial charge in [0.2, 0.25) is 0 Å². The second-order valence-electron chi connectivity index (χ2n) is 6.69. The molecular formula is C19H21NO2. The fourth-order valence-electron chi connectivity index (χ4n) is 3.82. The first kappa shape index (κ1) is 13.6. The Morgan fingerprint density at radius 3 is 2.82 bits per heavy atom. The first-order chi connectivity index (χ1) is 10.6. The molecule has 114 valence electrons. The second-order valence-corrected chi connectivity index (χ2v) is 6.69. The smallest absolute Gasteiger partial charge is 0.119 e. The van der Waals surface area contributed by atoms with Crippen molar-refractivity contribution in [1.82, 2.24) is 0 Å². The Bertz CT molecular complexity index is 723. The van der Waals surface area contributed by atoms with Crippen LogP contribution in [0.2, 0.25) is 0 Å². The van der Waals surface area contributed by atoms with Crippen molar-refractivity contribution in [2.45, 2.75) is 38.0 Å². The summed E-state index contributed by atoms with van der Waals surface area (Å²) in [7, 11) is 1.71. The van der Waals surface area contributed by atoms with Crippen LogP contribution in [0.4, 0.5) is 5.69 Å². The Kier molecular flexibility index (Phi) is 2.95. The minimum atomic E-state index is -0.0761. The van der Waals surface area contributed by atoms with Crippen LogP contribution in [0.5, 0.6) is 5.75 Å². The fourth-order valence-corrected chi connectivity index (χ4v) is 3.82. The number of benzene rings is 2. The molecule has 3 heteroatoms. The summed E-state index contributed by atoms with van der Waals surface area (Å²) in [5.41, 5.74) is 4.99. The average Bonchev–Trinajstić information content (AvgIpc) is 2.54. The largest absolute Gasteiger partial charge is 0.497 e. The number of fused-ring (bicyclic) bond motifs is 4. The van der Waals surface area contributed by atoms with Crippen LogP contribution in [0.15, 0.2) is 42.5 Å². The normalized spacial score (nSPS) is 24.5. The molecule has 2 aromatic rings. The molecule has 0 bridgehead atoms. The Hall–Kier alpha value is -2.00. The van der Waals surface area contributed by atoms with Crippen LogP contribution in [0.25, 0.3) is 0 Å². The number of nitrogens with one attached hydrogen (secondary N) is 1. The highest BCUT2D eigenvalue weighted by Gasteiger charge is 2.46. The summed E-state index contributed by atoms with van der Waals surface area (Å²) in [6, 6.07) is 15.0. The lowest BCUT2D eigenvalue weighted by molar-refractivity contribution is -0.0324. The molecule has 2 aliphatic heterocycles. The fraction of sp³-hybridized carbons (Fsp3) is 0.368. The van der Waals surface area contributed by atoms with Gasteiger partial charge in [0.05, 0.1) is 25.9 Å². The van der Waals surface area contributed by atoms with Crippen LogP contribution in [0, 0.1) is 0 Å². The summed E-state index contributed by atoms with van der Waals surface area (Å²) in [6.07, 6.45) is 0.113. The summed E-state index contributed by atoms with van der Waals surface area (Å²) in [6.45, 7) is 5.21. The van der Waals surface area contributed by atoms with Crippen LogP contribution < -0.4 is 10.1 Å². The molecule has 2 atom stereocenters. The molecule has 0 aliphatic carbocycles. The lowest BCUT2D eigenvalue weighted by atomic mass is 9.70. The van der Waals surface area contributed by atoms with Crippen molar-refractivity contribution in [3.05, 3.63) is 59.2 Å². The number of hydrogen-bond donors (Lipinski definition) is 1. The van der Waals surface area contributed by atoms with Crippen molar-refractivity contribution in [2.24, 2.45) is 0 Å². The van der Waals surface area contributed by atoms with E-state index in [9.17, 15) is 0 Å². The van der Waals surface area contributed by atoms with E-state index in [0.717, 1.165) is 5.75 Å². The number of anilines is 1. The zero-order chi connectivity index (χ0) is 15.3. The van der Waals surface area contributed by atoms with Gasteiger partial charge in [0.25, 0.3) is 0 Å². The lowest BCUT2D eigenvalue weighted by Crippen LogP contribution is -2.49. The maximum atomic E-state index is 6.25. The van der Waals surface area contributed by atoms with E-state index in [1.165, 1.54) is 22.4 Å². The summed E-state index contributed by atoms with van der Waals surface area (Å²) >= 11 is 0. The standard InChI is InChI=1S/C19H21NO2/c1-19(2)15-10-13(21-3)8-9-16(15)20-17-14-7-5-4-6-12(14)11-22-18(17)19/h4-10,17-18,20H,11H2,1-3H3/t17-,18+/m0/s1. The molecule has 0 saturated heterocycles. The van der Waals surface area contributed by atoms with Gasteiger partial charge in [-0.25, -0.2) is 0 Å². The van der Waals surface area contributed by atoms with Crippen LogP contribution in [0.3, 0.4) is 0 Å². The van der Waals surface area contributed by atoms with E-state index >= 15 is 0 Å².